The van der Waals surface area contributed by atoms with Gasteiger partial charge in [0.2, 0.25) is 0 Å². The van der Waals surface area contributed by atoms with Crippen molar-refractivity contribution in [3.8, 4) is 0 Å². The van der Waals surface area contributed by atoms with Gasteiger partial charge >= 0.3 is 0 Å². The molecule has 14 heavy (non-hydrogen) atoms. The quantitative estimate of drug-likeness (QED) is 0.433. The van der Waals surface area contributed by atoms with Crippen LogP contribution in [-0.4, -0.2) is 17.3 Å². The van der Waals surface area contributed by atoms with Gasteiger partial charge in [-0.3, -0.25) is 10.1 Å². The summed E-state index contributed by atoms with van der Waals surface area (Å²) >= 11 is 0. The van der Waals surface area contributed by atoms with Gasteiger partial charge < -0.3 is 10.5 Å². The van der Waals surface area contributed by atoms with E-state index in [4.69, 9.17) is 5.73 Å². The SMILES string of the molecule is N[C@@H](C=O)Cc1ccc([N+](=O)[O-])cc1. The van der Waals surface area contributed by atoms with Gasteiger partial charge in [0.1, 0.15) is 6.29 Å². The van der Waals surface area contributed by atoms with Crippen molar-refractivity contribution in [2.24, 2.45) is 5.73 Å². The summed E-state index contributed by atoms with van der Waals surface area (Å²) in [6.07, 6.45) is 1.06. The van der Waals surface area contributed by atoms with Crippen molar-refractivity contribution in [3.05, 3.63) is 39.9 Å². The van der Waals surface area contributed by atoms with E-state index < -0.39 is 11.0 Å². The minimum Gasteiger partial charge on any atom is -0.321 e. The van der Waals surface area contributed by atoms with E-state index in [1.54, 1.807) is 12.1 Å². The number of nitro groups is 1. The van der Waals surface area contributed by atoms with Crippen LogP contribution >= 0.6 is 0 Å². The number of aldehydes is 1. The third kappa shape index (κ3) is 2.63. The van der Waals surface area contributed by atoms with Crippen molar-refractivity contribution in [1.82, 2.24) is 0 Å². The number of hydrogen-bond donors (Lipinski definition) is 1. The van der Waals surface area contributed by atoms with Gasteiger partial charge in [-0.1, -0.05) is 12.1 Å². The highest BCUT2D eigenvalue weighted by Gasteiger charge is 2.06. The van der Waals surface area contributed by atoms with Crippen LogP contribution in [0.1, 0.15) is 5.56 Å². The van der Waals surface area contributed by atoms with Crippen LogP contribution in [-0.2, 0) is 11.2 Å². The molecule has 0 spiro atoms. The number of nitrogens with two attached hydrogens (primary N) is 1. The van der Waals surface area contributed by atoms with Crippen molar-refractivity contribution in [2.75, 3.05) is 0 Å². The fourth-order valence-corrected chi connectivity index (χ4v) is 1.07. The minimum atomic E-state index is -0.545. The van der Waals surface area contributed by atoms with Crippen molar-refractivity contribution < 1.29 is 9.72 Å². The second-order valence-electron chi connectivity index (χ2n) is 2.93. The molecule has 1 aromatic carbocycles. The largest absolute Gasteiger partial charge is 0.321 e. The molecule has 0 bridgehead atoms. The van der Waals surface area contributed by atoms with Gasteiger partial charge in [0, 0.05) is 12.1 Å². The molecular formula is C9H10N2O3. The number of hydrogen-bond acceptors (Lipinski definition) is 4. The molecule has 2 N–H and O–H groups in total. The Balaban J connectivity index is 2.73. The number of nitro benzene ring substituents is 1. The Bertz CT molecular complexity index is 334. The van der Waals surface area contributed by atoms with Gasteiger partial charge in [-0.05, 0) is 12.0 Å². The van der Waals surface area contributed by atoms with E-state index >= 15 is 0 Å². The van der Waals surface area contributed by atoms with E-state index in [-0.39, 0.29) is 5.69 Å². The van der Waals surface area contributed by atoms with Crippen LogP contribution in [0.3, 0.4) is 0 Å². The van der Waals surface area contributed by atoms with E-state index in [1.807, 2.05) is 0 Å². The van der Waals surface area contributed by atoms with Gasteiger partial charge in [0.05, 0.1) is 11.0 Å². The Morgan fingerprint density at radius 2 is 2.00 bits per heavy atom. The van der Waals surface area contributed by atoms with Crippen molar-refractivity contribution >= 4 is 12.0 Å². The molecular weight excluding hydrogens is 184 g/mol. The van der Waals surface area contributed by atoms with E-state index in [9.17, 15) is 14.9 Å². The molecule has 5 heteroatoms. The Hall–Kier alpha value is -1.75. The molecule has 0 aliphatic rings. The summed E-state index contributed by atoms with van der Waals surface area (Å²) in [5, 5.41) is 10.3. The number of nitrogens with zero attached hydrogens (tertiary/aromatic N) is 1. The zero-order valence-electron chi connectivity index (χ0n) is 7.42. The molecule has 5 nitrogen and oxygen atoms in total. The lowest BCUT2D eigenvalue weighted by Crippen LogP contribution is -2.23. The van der Waals surface area contributed by atoms with E-state index in [1.165, 1.54) is 12.1 Å². The number of carbonyl (C=O) groups is 1. The zero-order valence-corrected chi connectivity index (χ0v) is 7.42. The number of carbonyl (C=O) groups excluding carboxylic acids is 1. The third-order valence-electron chi connectivity index (χ3n) is 1.79. The van der Waals surface area contributed by atoms with Crippen molar-refractivity contribution in [3.63, 3.8) is 0 Å². The summed E-state index contributed by atoms with van der Waals surface area (Å²) in [4.78, 5) is 20.1. The predicted octanol–water partition coefficient (Wildman–Crippen LogP) is 0.663. The summed E-state index contributed by atoms with van der Waals surface area (Å²) in [7, 11) is 0. The molecule has 0 aliphatic heterocycles. The van der Waals surface area contributed by atoms with E-state index in [2.05, 4.69) is 0 Å². The van der Waals surface area contributed by atoms with Crippen LogP contribution in [0, 0.1) is 10.1 Å². The lowest BCUT2D eigenvalue weighted by Gasteiger charge is -2.02. The summed E-state index contributed by atoms with van der Waals surface area (Å²) in [6, 6.07) is 5.44. The molecule has 0 saturated heterocycles. The first-order valence-electron chi connectivity index (χ1n) is 4.07. The molecule has 0 amide bonds. The molecule has 0 unspecified atom stereocenters. The normalized spacial score (nSPS) is 12.1. The van der Waals surface area contributed by atoms with Crippen molar-refractivity contribution in [2.45, 2.75) is 12.5 Å². The maximum Gasteiger partial charge on any atom is 0.269 e. The monoisotopic (exact) mass is 194 g/mol. The van der Waals surface area contributed by atoms with Crippen LogP contribution in [0.15, 0.2) is 24.3 Å². The maximum atomic E-state index is 10.3. The highest BCUT2D eigenvalue weighted by Crippen LogP contribution is 2.12. The first-order chi connectivity index (χ1) is 6.63. The van der Waals surface area contributed by atoms with E-state index in [0.717, 1.165) is 5.56 Å². The Morgan fingerprint density at radius 3 is 2.43 bits per heavy atom. The van der Waals surface area contributed by atoms with Gasteiger partial charge in [-0.25, -0.2) is 0 Å². The highest BCUT2D eigenvalue weighted by atomic mass is 16.6. The number of rotatable bonds is 4. The standard InChI is InChI=1S/C9H10N2O3/c10-8(6-12)5-7-1-3-9(4-2-7)11(13)14/h1-4,6,8H,5,10H2/t8-/m1/s1. The molecule has 0 fully saturated rings. The molecule has 0 aromatic heterocycles. The summed E-state index contributed by atoms with van der Waals surface area (Å²) in [6.45, 7) is 0. The molecule has 1 atom stereocenters. The van der Waals surface area contributed by atoms with Crippen LogP contribution in [0.2, 0.25) is 0 Å². The van der Waals surface area contributed by atoms with E-state index in [0.29, 0.717) is 12.7 Å². The average molecular weight is 194 g/mol. The lowest BCUT2D eigenvalue weighted by atomic mass is 10.1. The lowest BCUT2D eigenvalue weighted by molar-refractivity contribution is -0.384. The van der Waals surface area contributed by atoms with Gasteiger partial charge in [0.15, 0.2) is 0 Å². The predicted molar refractivity (Wildman–Crippen MR) is 50.8 cm³/mol. The second-order valence-corrected chi connectivity index (χ2v) is 2.93. The highest BCUT2D eigenvalue weighted by molar-refractivity contribution is 5.57. The van der Waals surface area contributed by atoms with Gasteiger partial charge in [0.25, 0.3) is 5.69 Å². The Morgan fingerprint density at radius 1 is 1.43 bits per heavy atom. The van der Waals surface area contributed by atoms with Crippen molar-refractivity contribution in [1.29, 1.82) is 0 Å². The summed E-state index contributed by atoms with van der Waals surface area (Å²) < 4.78 is 0. The average Bonchev–Trinajstić information content (AvgIpc) is 2.18. The molecule has 0 radical (unpaired) electrons. The summed E-state index contributed by atoms with van der Waals surface area (Å²) in [5.74, 6) is 0. The molecule has 0 aliphatic carbocycles. The third-order valence-corrected chi connectivity index (χ3v) is 1.79. The van der Waals surface area contributed by atoms with Crippen LogP contribution in [0.4, 0.5) is 5.69 Å². The number of benzene rings is 1. The van der Waals surface area contributed by atoms with Gasteiger partial charge in [-0.15, -0.1) is 0 Å². The maximum absolute atomic E-state index is 10.3. The molecule has 0 heterocycles. The first kappa shape index (κ1) is 10.3. The smallest absolute Gasteiger partial charge is 0.269 e. The minimum absolute atomic E-state index is 0.0356. The molecule has 0 saturated carbocycles. The Kier molecular flexibility index (Phi) is 3.30. The molecule has 1 aromatic rings. The molecule has 1 rings (SSSR count). The fraction of sp³-hybridized carbons (Fsp3) is 0.222. The zero-order chi connectivity index (χ0) is 10.6. The van der Waals surface area contributed by atoms with Gasteiger partial charge in [-0.2, -0.15) is 0 Å². The van der Waals surface area contributed by atoms with Crippen LogP contribution in [0.25, 0.3) is 0 Å². The van der Waals surface area contributed by atoms with Crippen LogP contribution in [0.5, 0.6) is 0 Å². The summed E-state index contributed by atoms with van der Waals surface area (Å²) in [5.41, 5.74) is 6.25. The topological polar surface area (TPSA) is 86.2 Å². The molecule has 74 valence electrons. The number of non-ortho nitro benzene ring substituents is 1. The van der Waals surface area contributed by atoms with Crippen LogP contribution < -0.4 is 5.73 Å². The Labute approximate surface area is 80.7 Å². The first-order valence-corrected chi connectivity index (χ1v) is 4.07. The fourth-order valence-electron chi connectivity index (χ4n) is 1.07. The second kappa shape index (κ2) is 4.48.